The molecule has 0 radical (unpaired) electrons. The van der Waals surface area contributed by atoms with E-state index in [4.69, 9.17) is 11.6 Å². The van der Waals surface area contributed by atoms with Gasteiger partial charge in [-0.1, -0.05) is 48.7 Å². The van der Waals surface area contributed by atoms with Gasteiger partial charge in [0.1, 0.15) is 0 Å². The lowest BCUT2D eigenvalue weighted by molar-refractivity contribution is -0.126. The molecule has 1 N–H and O–H groups in total. The normalized spacial score (nSPS) is 16.3. The van der Waals surface area contributed by atoms with Crippen LogP contribution in [0.5, 0.6) is 0 Å². The van der Waals surface area contributed by atoms with E-state index in [0.717, 1.165) is 36.8 Å². The summed E-state index contributed by atoms with van der Waals surface area (Å²) in [6.45, 7) is 0.351. The molecule has 0 atom stereocenters. The SMILES string of the molecule is CN(C)S(=O)(=O)c1ccc(CNC(=O)C2(c3cccc(Cl)c3)CCCC2)cc1. The number of sulfonamides is 1. The van der Waals surface area contributed by atoms with Gasteiger partial charge >= 0.3 is 0 Å². The third-order valence-electron chi connectivity index (χ3n) is 5.42. The van der Waals surface area contributed by atoms with Crippen LogP contribution < -0.4 is 5.32 Å². The third kappa shape index (κ3) is 4.09. The van der Waals surface area contributed by atoms with E-state index in [9.17, 15) is 13.2 Å². The standard InChI is InChI=1S/C21H25ClN2O3S/c1-24(2)28(26,27)19-10-8-16(9-11-19)15-23-20(25)21(12-3-4-13-21)17-6-5-7-18(22)14-17/h5-11,14H,3-4,12-13,15H2,1-2H3,(H,23,25). The number of carbonyl (C=O) groups is 1. The first-order valence-corrected chi connectivity index (χ1v) is 11.1. The Morgan fingerprint density at radius 2 is 1.75 bits per heavy atom. The molecular formula is C21H25ClN2O3S. The number of nitrogens with one attached hydrogen (secondary N) is 1. The lowest BCUT2D eigenvalue weighted by Gasteiger charge is -2.28. The fraction of sp³-hybridized carbons (Fsp3) is 0.381. The van der Waals surface area contributed by atoms with Crippen molar-refractivity contribution in [2.75, 3.05) is 14.1 Å². The van der Waals surface area contributed by atoms with Gasteiger partial charge < -0.3 is 5.32 Å². The minimum absolute atomic E-state index is 0.00254. The zero-order chi connectivity index (χ0) is 20.4. The highest BCUT2D eigenvalue weighted by atomic mass is 35.5. The van der Waals surface area contributed by atoms with E-state index in [1.54, 1.807) is 24.3 Å². The zero-order valence-electron chi connectivity index (χ0n) is 16.1. The van der Waals surface area contributed by atoms with Crippen molar-refractivity contribution in [1.29, 1.82) is 0 Å². The van der Waals surface area contributed by atoms with Crippen LogP contribution in [0.4, 0.5) is 0 Å². The summed E-state index contributed by atoms with van der Waals surface area (Å²) in [5.41, 5.74) is 1.27. The molecule has 0 bridgehead atoms. The van der Waals surface area contributed by atoms with Crippen LogP contribution in [0.2, 0.25) is 5.02 Å². The van der Waals surface area contributed by atoms with Crippen molar-refractivity contribution in [2.24, 2.45) is 0 Å². The van der Waals surface area contributed by atoms with Crippen LogP contribution in [-0.2, 0) is 26.8 Å². The Bertz CT molecular complexity index is 950. The zero-order valence-corrected chi connectivity index (χ0v) is 17.7. The summed E-state index contributed by atoms with van der Waals surface area (Å²) >= 11 is 6.15. The minimum Gasteiger partial charge on any atom is -0.351 e. The molecule has 1 amide bonds. The number of benzene rings is 2. The van der Waals surface area contributed by atoms with E-state index in [1.165, 1.54) is 18.4 Å². The fourth-order valence-electron chi connectivity index (χ4n) is 3.75. The van der Waals surface area contributed by atoms with Gasteiger partial charge in [-0.2, -0.15) is 0 Å². The Labute approximate surface area is 171 Å². The lowest BCUT2D eigenvalue weighted by Crippen LogP contribution is -2.42. The second kappa shape index (κ2) is 8.23. The molecule has 7 heteroatoms. The summed E-state index contributed by atoms with van der Waals surface area (Å²) in [7, 11) is -0.454. The van der Waals surface area contributed by atoms with E-state index >= 15 is 0 Å². The number of nitrogens with zero attached hydrogens (tertiary/aromatic N) is 1. The second-order valence-electron chi connectivity index (χ2n) is 7.41. The average Bonchev–Trinajstić information content (AvgIpc) is 3.17. The van der Waals surface area contributed by atoms with Crippen LogP contribution in [0.15, 0.2) is 53.4 Å². The fourth-order valence-corrected chi connectivity index (χ4v) is 4.85. The number of carbonyl (C=O) groups excluding carboxylic acids is 1. The van der Waals surface area contributed by atoms with Crippen molar-refractivity contribution >= 4 is 27.5 Å². The number of halogens is 1. The Hall–Kier alpha value is -1.89. The molecule has 0 saturated heterocycles. The van der Waals surface area contributed by atoms with Crippen molar-refractivity contribution in [3.05, 3.63) is 64.7 Å². The van der Waals surface area contributed by atoms with Gasteiger partial charge in [-0.3, -0.25) is 4.79 Å². The summed E-state index contributed by atoms with van der Waals surface area (Å²) in [4.78, 5) is 13.3. The van der Waals surface area contributed by atoms with Crippen molar-refractivity contribution in [3.63, 3.8) is 0 Å². The number of hydrogen-bond donors (Lipinski definition) is 1. The maximum absolute atomic E-state index is 13.1. The predicted molar refractivity (Wildman–Crippen MR) is 111 cm³/mol. The van der Waals surface area contributed by atoms with Gasteiger partial charge in [0.25, 0.3) is 0 Å². The Morgan fingerprint density at radius 3 is 2.32 bits per heavy atom. The van der Waals surface area contributed by atoms with E-state index in [0.29, 0.717) is 11.6 Å². The molecule has 3 rings (SSSR count). The molecule has 2 aromatic rings. The Balaban J connectivity index is 1.74. The van der Waals surface area contributed by atoms with Gasteiger partial charge in [0.2, 0.25) is 15.9 Å². The Morgan fingerprint density at radius 1 is 1.11 bits per heavy atom. The van der Waals surface area contributed by atoms with E-state index in [1.807, 2.05) is 24.3 Å². The molecule has 5 nitrogen and oxygen atoms in total. The van der Waals surface area contributed by atoms with E-state index < -0.39 is 15.4 Å². The molecule has 0 spiro atoms. The maximum Gasteiger partial charge on any atom is 0.242 e. The topological polar surface area (TPSA) is 66.5 Å². The maximum atomic E-state index is 13.1. The van der Waals surface area contributed by atoms with Crippen LogP contribution in [0.3, 0.4) is 0 Å². The first-order valence-electron chi connectivity index (χ1n) is 9.31. The number of rotatable bonds is 6. The number of amides is 1. The molecule has 1 fully saturated rings. The number of hydrogen-bond acceptors (Lipinski definition) is 3. The smallest absolute Gasteiger partial charge is 0.242 e. The van der Waals surface area contributed by atoms with Gasteiger partial charge in [0.15, 0.2) is 0 Å². The van der Waals surface area contributed by atoms with Crippen LogP contribution >= 0.6 is 11.6 Å². The highest BCUT2D eigenvalue weighted by Crippen LogP contribution is 2.42. The molecule has 0 aromatic heterocycles. The summed E-state index contributed by atoms with van der Waals surface area (Å²) in [6, 6.07) is 14.2. The average molecular weight is 421 g/mol. The molecular weight excluding hydrogens is 396 g/mol. The third-order valence-corrected chi connectivity index (χ3v) is 7.49. The summed E-state index contributed by atoms with van der Waals surface area (Å²) in [6.07, 6.45) is 3.63. The molecule has 0 unspecified atom stereocenters. The molecule has 1 aliphatic rings. The largest absolute Gasteiger partial charge is 0.351 e. The van der Waals surface area contributed by atoms with Crippen molar-refractivity contribution in [1.82, 2.24) is 9.62 Å². The van der Waals surface area contributed by atoms with Crippen molar-refractivity contribution < 1.29 is 13.2 Å². The van der Waals surface area contributed by atoms with Gasteiger partial charge in [-0.05, 0) is 48.2 Å². The van der Waals surface area contributed by atoms with E-state index in [2.05, 4.69) is 5.32 Å². The quantitative estimate of drug-likeness (QED) is 0.774. The minimum atomic E-state index is -3.45. The molecule has 0 aliphatic heterocycles. The first kappa shape index (κ1) is 20.8. The predicted octanol–water partition coefficient (Wildman–Crippen LogP) is 3.72. The van der Waals surface area contributed by atoms with Crippen LogP contribution in [0.1, 0.15) is 36.8 Å². The summed E-state index contributed by atoms with van der Waals surface area (Å²) in [5, 5.41) is 3.67. The lowest BCUT2D eigenvalue weighted by atomic mass is 9.78. The second-order valence-corrected chi connectivity index (χ2v) is 10.0. The molecule has 0 heterocycles. The monoisotopic (exact) mass is 420 g/mol. The molecule has 1 aliphatic carbocycles. The molecule has 2 aromatic carbocycles. The van der Waals surface area contributed by atoms with Gasteiger partial charge in [0, 0.05) is 25.7 Å². The van der Waals surface area contributed by atoms with Gasteiger partial charge in [-0.15, -0.1) is 0 Å². The molecule has 150 valence electrons. The van der Waals surface area contributed by atoms with Crippen LogP contribution in [-0.4, -0.2) is 32.7 Å². The van der Waals surface area contributed by atoms with Crippen LogP contribution in [0.25, 0.3) is 0 Å². The summed E-state index contributed by atoms with van der Waals surface area (Å²) < 4.78 is 25.5. The highest BCUT2D eigenvalue weighted by molar-refractivity contribution is 7.89. The Kier molecular flexibility index (Phi) is 6.12. The highest BCUT2D eigenvalue weighted by Gasteiger charge is 2.42. The summed E-state index contributed by atoms with van der Waals surface area (Å²) in [5.74, 6) is -0.00254. The van der Waals surface area contributed by atoms with Crippen LogP contribution in [0, 0.1) is 0 Å². The molecule has 1 saturated carbocycles. The molecule has 28 heavy (non-hydrogen) atoms. The first-order chi connectivity index (χ1) is 13.3. The van der Waals surface area contributed by atoms with Crippen molar-refractivity contribution in [3.8, 4) is 0 Å². The van der Waals surface area contributed by atoms with E-state index in [-0.39, 0.29) is 10.8 Å². The van der Waals surface area contributed by atoms with Gasteiger partial charge in [-0.25, -0.2) is 12.7 Å². The van der Waals surface area contributed by atoms with Gasteiger partial charge in [0.05, 0.1) is 10.3 Å². The van der Waals surface area contributed by atoms with Crippen molar-refractivity contribution in [2.45, 2.75) is 42.5 Å².